The minimum absolute atomic E-state index is 0.0582. The molecule has 1 fully saturated rings. The van der Waals surface area contributed by atoms with Gasteiger partial charge in [-0.3, -0.25) is 14.5 Å². The molecule has 0 radical (unpaired) electrons. The zero-order chi connectivity index (χ0) is 16.2. The molecule has 2 N–H and O–H groups in total. The standard InChI is InChI=1S/C16H19N3O3S/c20-14(10-19-8-6-11(9-19)16(21)22)17-7-5-15-18-12-3-1-2-4-13(12)23-15/h1-4,11H,5-10H2,(H,17,20)(H,21,22). The van der Waals surface area contributed by atoms with Crippen LogP contribution >= 0.6 is 11.3 Å². The smallest absolute Gasteiger partial charge is 0.307 e. The number of carboxylic acids is 1. The molecule has 7 heteroatoms. The number of carbonyl (C=O) groups excluding carboxylic acids is 1. The third-order valence-electron chi connectivity index (χ3n) is 3.99. The van der Waals surface area contributed by atoms with Gasteiger partial charge in [-0.05, 0) is 25.1 Å². The zero-order valence-electron chi connectivity index (χ0n) is 12.7. The number of aromatic nitrogens is 1. The minimum Gasteiger partial charge on any atom is -0.481 e. The molecule has 2 heterocycles. The monoisotopic (exact) mass is 333 g/mol. The number of carboxylic acid groups (broad SMARTS) is 1. The van der Waals surface area contributed by atoms with Crippen LogP contribution in [-0.2, 0) is 16.0 Å². The summed E-state index contributed by atoms with van der Waals surface area (Å²) in [5, 5.41) is 12.9. The summed E-state index contributed by atoms with van der Waals surface area (Å²) in [6, 6.07) is 7.99. The van der Waals surface area contributed by atoms with E-state index >= 15 is 0 Å². The van der Waals surface area contributed by atoms with Crippen molar-refractivity contribution in [3.8, 4) is 0 Å². The summed E-state index contributed by atoms with van der Waals surface area (Å²) in [6.07, 6.45) is 1.33. The minimum atomic E-state index is -0.774. The van der Waals surface area contributed by atoms with Crippen molar-refractivity contribution in [2.75, 3.05) is 26.2 Å². The van der Waals surface area contributed by atoms with E-state index in [2.05, 4.69) is 10.3 Å². The van der Waals surface area contributed by atoms with Crippen LogP contribution in [0, 0.1) is 5.92 Å². The molecular weight excluding hydrogens is 314 g/mol. The van der Waals surface area contributed by atoms with Crippen LogP contribution in [-0.4, -0.2) is 53.0 Å². The molecule has 0 spiro atoms. The second-order valence-electron chi connectivity index (χ2n) is 5.73. The number of rotatable bonds is 6. The Morgan fingerprint density at radius 3 is 2.96 bits per heavy atom. The fourth-order valence-electron chi connectivity index (χ4n) is 2.77. The van der Waals surface area contributed by atoms with Gasteiger partial charge >= 0.3 is 5.97 Å². The molecule has 1 amide bonds. The van der Waals surface area contributed by atoms with Crippen LogP contribution in [0.3, 0.4) is 0 Å². The Balaban J connectivity index is 1.42. The van der Waals surface area contributed by atoms with Crippen LogP contribution in [0.1, 0.15) is 11.4 Å². The summed E-state index contributed by atoms with van der Waals surface area (Å²) < 4.78 is 1.16. The average molecular weight is 333 g/mol. The van der Waals surface area contributed by atoms with Crippen LogP contribution < -0.4 is 5.32 Å². The molecule has 2 aromatic rings. The van der Waals surface area contributed by atoms with Crippen LogP contribution in [0.15, 0.2) is 24.3 Å². The molecule has 6 nitrogen and oxygen atoms in total. The Morgan fingerprint density at radius 1 is 1.39 bits per heavy atom. The number of hydrogen-bond acceptors (Lipinski definition) is 5. The van der Waals surface area contributed by atoms with E-state index in [1.165, 1.54) is 0 Å². The van der Waals surface area contributed by atoms with Crippen molar-refractivity contribution < 1.29 is 14.7 Å². The van der Waals surface area contributed by atoms with Crippen molar-refractivity contribution in [2.24, 2.45) is 5.92 Å². The summed E-state index contributed by atoms with van der Waals surface area (Å²) in [7, 11) is 0. The lowest BCUT2D eigenvalue weighted by Crippen LogP contribution is -2.37. The second-order valence-corrected chi connectivity index (χ2v) is 6.85. The first-order valence-corrected chi connectivity index (χ1v) is 8.50. The molecule has 23 heavy (non-hydrogen) atoms. The molecule has 1 aliphatic heterocycles. The van der Waals surface area contributed by atoms with Gasteiger partial charge in [0.05, 0.1) is 27.7 Å². The zero-order valence-corrected chi connectivity index (χ0v) is 13.5. The third-order valence-corrected chi connectivity index (χ3v) is 5.08. The first kappa shape index (κ1) is 15.9. The molecule has 3 rings (SSSR count). The lowest BCUT2D eigenvalue weighted by Gasteiger charge is -2.14. The molecule has 1 unspecified atom stereocenters. The maximum Gasteiger partial charge on any atom is 0.307 e. The van der Waals surface area contributed by atoms with Crippen molar-refractivity contribution in [1.29, 1.82) is 0 Å². The van der Waals surface area contributed by atoms with Crippen molar-refractivity contribution in [1.82, 2.24) is 15.2 Å². The van der Waals surface area contributed by atoms with E-state index in [1.54, 1.807) is 11.3 Å². The Kier molecular flexibility index (Phi) is 4.88. The van der Waals surface area contributed by atoms with Crippen molar-refractivity contribution in [3.63, 3.8) is 0 Å². The largest absolute Gasteiger partial charge is 0.481 e. The van der Waals surface area contributed by atoms with Crippen molar-refractivity contribution in [3.05, 3.63) is 29.3 Å². The molecular formula is C16H19N3O3S. The molecule has 0 saturated carbocycles. The van der Waals surface area contributed by atoms with Gasteiger partial charge in [0.25, 0.3) is 0 Å². The van der Waals surface area contributed by atoms with Gasteiger partial charge in [0, 0.05) is 19.5 Å². The Morgan fingerprint density at radius 2 is 2.22 bits per heavy atom. The predicted octanol–water partition coefficient (Wildman–Crippen LogP) is 1.36. The lowest BCUT2D eigenvalue weighted by atomic mass is 10.1. The summed E-state index contributed by atoms with van der Waals surface area (Å²) in [5.41, 5.74) is 0.996. The quantitative estimate of drug-likeness (QED) is 0.834. The first-order chi connectivity index (χ1) is 11.1. The van der Waals surface area contributed by atoms with E-state index in [1.807, 2.05) is 29.2 Å². The van der Waals surface area contributed by atoms with Gasteiger partial charge in [0.2, 0.25) is 5.91 Å². The van der Waals surface area contributed by atoms with E-state index in [4.69, 9.17) is 5.11 Å². The fraction of sp³-hybridized carbons (Fsp3) is 0.438. The molecule has 0 bridgehead atoms. The molecule has 1 atom stereocenters. The van der Waals surface area contributed by atoms with Crippen LogP contribution in [0.25, 0.3) is 10.2 Å². The number of thiazole rings is 1. The van der Waals surface area contributed by atoms with Gasteiger partial charge in [-0.25, -0.2) is 4.98 Å². The van der Waals surface area contributed by atoms with Crippen LogP contribution in [0.5, 0.6) is 0 Å². The SMILES string of the molecule is O=C(CN1CCC(C(=O)O)C1)NCCc1nc2ccccc2s1. The molecule has 1 aromatic heterocycles. The Labute approximate surface area is 138 Å². The Bertz CT molecular complexity index is 682. The van der Waals surface area contributed by atoms with Gasteiger partial charge in [-0.15, -0.1) is 11.3 Å². The molecule has 1 aliphatic rings. The topological polar surface area (TPSA) is 82.5 Å². The number of fused-ring (bicyclic) bond motifs is 1. The van der Waals surface area contributed by atoms with Gasteiger partial charge < -0.3 is 10.4 Å². The number of nitrogens with one attached hydrogen (secondary N) is 1. The fourth-order valence-corrected chi connectivity index (χ4v) is 3.74. The molecule has 0 aliphatic carbocycles. The molecule has 1 saturated heterocycles. The number of benzene rings is 1. The highest BCUT2D eigenvalue weighted by Crippen LogP contribution is 2.21. The van der Waals surface area contributed by atoms with E-state index in [0.29, 0.717) is 32.5 Å². The van der Waals surface area contributed by atoms with E-state index in [0.717, 1.165) is 15.2 Å². The number of para-hydroxylation sites is 1. The Hall–Kier alpha value is -1.99. The molecule has 1 aromatic carbocycles. The van der Waals surface area contributed by atoms with Gasteiger partial charge in [-0.2, -0.15) is 0 Å². The van der Waals surface area contributed by atoms with Gasteiger partial charge in [0.1, 0.15) is 0 Å². The summed E-state index contributed by atoms with van der Waals surface area (Å²) >= 11 is 1.65. The number of hydrogen-bond donors (Lipinski definition) is 2. The van der Waals surface area contributed by atoms with Gasteiger partial charge in [-0.1, -0.05) is 12.1 Å². The van der Waals surface area contributed by atoms with E-state index in [-0.39, 0.29) is 18.4 Å². The van der Waals surface area contributed by atoms with E-state index in [9.17, 15) is 9.59 Å². The second kappa shape index (κ2) is 7.06. The van der Waals surface area contributed by atoms with Gasteiger partial charge in [0.15, 0.2) is 0 Å². The average Bonchev–Trinajstić information content (AvgIpc) is 3.13. The summed E-state index contributed by atoms with van der Waals surface area (Å²) in [5.74, 6) is -1.17. The first-order valence-electron chi connectivity index (χ1n) is 7.68. The van der Waals surface area contributed by atoms with Crippen LogP contribution in [0.4, 0.5) is 0 Å². The van der Waals surface area contributed by atoms with Crippen LogP contribution in [0.2, 0.25) is 0 Å². The number of likely N-dealkylation sites (tertiary alicyclic amines) is 1. The van der Waals surface area contributed by atoms with Crippen molar-refractivity contribution >= 4 is 33.4 Å². The maximum absolute atomic E-state index is 11.9. The summed E-state index contributed by atoms with van der Waals surface area (Å²) in [4.78, 5) is 29.3. The highest BCUT2D eigenvalue weighted by Gasteiger charge is 2.28. The summed E-state index contributed by atoms with van der Waals surface area (Å²) in [6.45, 7) is 1.95. The third kappa shape index (κ3) is 4.05. The number of carbonyl (C=O) groups is 2. The molecule has 122 valence electrons. The number of amides is 1. The maximum atomic E-state index is 11.9. The highest BCUT2D eigenvalue weighted by atomic mass is 32.1. The van der Waals surface area contributed by atoms with Crippen molar-refractivity contribution in [2.45, 2.75) is 12.8 Å². The highest BCUT2D eigenvalue weighted by molar-refractivity contribution is 7.18. The normalized spacial score (nSPS) is 18.3. The lowest BCUT2D eigenvalue weighted by molar-refractivity contribution is -0.141. The number of aliphatic carboxylic acids is 1. The van der Waals surface area contributed by atoms with E-state index < -0.39 is 5.97 Å². The number of nitrogens with zero attached hydrogens (tertiary/aromatic N) is 2. The predicted molar refractivity (Wildman–Crippen MR) is 88.5 cm³/mol.